The van der Waals surface area contributed by atoms with Crippen LogP contribution >= 0.6 is 11.8 Å². The smallest absolute Gasteiger partial charge is 0.343 e. The number of amides is 2. The Morgan fingerprint density at radius 1 is 1.03 bits per heavy atom. The van der Waals surface area contributed by atoms with Crippen molar-refractivity contribution in [3.63, 3.8) is 0 Å². The molecule has 2 aromatic rings. The van der Waals surface area contributed by atoms with Gasteiger partial charge in [0, 0.05) is 13.8 Å². The Hall–Kier alpha value is -3.53. The van der Waals surface area contributed by atoms with Gasteiger partial charge in [-0.05, 0) is 35.9 Å². The molecule has 1 atom stereocenters. The fraction of sp³-hybridized carbons (Fsp3) is 0.238. The average molecular weight is 443 g/mol. The normalized spacial score (nSPS) is 15.2. The lowest BCUT2D eigenvalue weighted by Crippen LogP contribution is -2.25. The van der Waals surface area contributed by atoms with Gasteiger partial charge >= 0.3 is 5.97 Å². The summed E-state index contributed by atoms with van der Waals surface area (Å²) in [6.07, 6.45) is 0. The van der Waals surface area contributed by atoms with Crippen molar-refractivity contribution in [3.8, 4) is 17.2 Å². The van der Waals surface area contributed by atoms with Crippen molar-refractivity contribution >= 4 is 34.7 Å². The number of hydrogen-bond acceptors (Lipinski definition) is 8. The molecule has 1 aliphatic heterocycles. The van der Waals surface area contributed by atoms with Crippen LogP contribution in [0.5, 0.6) is 17.2 Å². The minimum Gasteiger partial charge on any atom is -0.497 e. The van der Waals surface area contributed by atoms with Gasteiger partial charge in [0.15, 0.2) is 16.7 Å². The quantitative estimate of drug-likeness (QED) is 0.559. The number of methoxy groups -OCH3 is 2. The van der Waals surface area contributed by atoms with Gasteiger partial charge in [-0.25, -0.2) is 9.80 Å². The van der Waals surface area contributed by atoms with Gasteiger partial charge in [-0.3, -0.25) is 9.59 Å². The van der Waals surface area contributed by atoms with Crippen LogP contribution in [0.1, 0.15) is 35.1 Å². The number of carbonyl (C=O) groups excluding carboxylic acids is 3. The molecule has 3 rings (SSSR count). The number of amidine groups is 1. The Balaban J connectivity index is 1.83. The van der Waals surface area contributed by atoms with Crippen LogP contribution in [0, 0.1) is 0 Å². The first-order valence-electron chi connectivity index (χ1n) is 9.19. The Bertz CT molecular complexity index is 1060. The molecule has 0 aromatic heterocycles. The second kappa shape index (κ2) is 9.52. The molecule has 2 aromatic carbocycles. The van der Waals surface area contributed by atoms with Crippen LogP contribution in [0.2, 0.25) is 0 Å². The number of hydrogen-bond donors (Lipinski definition) is 1. The molecule has 31 heavy (non-hydrogen) atoms. The maximum absolute atomic E-state index is 12.5. The highest BCUT2D eigenvalue weighted by atomic mass is 32.2. The van der Waals surface area contributed by atoms with Gasteiger partial charge in [0.05, 0.1) is 19.8 Å². The zero-order chi connectivity index (χ0) is 22.5. The third kappa shape index (κ3) is 5.15. The zero-order valence-corrected chi connectivity index (χ0v) is 18.2. The SMILES string of the molecule is COc1cccc(C(=O)Oc2ccc(C3SC(NC(C)=O)=NN3C(C)=O)cc2OC)c1. The van der Waals surface area contributed by atoms with Crippen molar-refractivity contribution in [1.82, 2.24) is 10.3 Å². The first-order chi connectivity index (χ1) is 14.8. The summed E-state index contributed by atoms with van der Waals surface area (Å²) in [5.41, 5.74) is 1.01. The fourth-order valence-corrected chi connectivity index (χ4v) is 3.94. The highest BCUT2D eigenvalue weighted by Gasteiger charge is 2.33. The molecule has 162 valence electrons. The lowest BCUT2D eigenvalue weighted by Gasteiger charge is -2.20. The molecular formula is C21H21N3O6S. The van der Waals surface area contributed by atoms with E-state index in [-0.39, 0.29) is 17.6 Å². The number of hydrazone groups is 1. The summed E-state index contributed by atoms with van der Waals surface area (Å²) >= 11 is 1.21. The summed E-state index contributed by atoms with van der Waals surface area (Å²) in [6.45, 7) is 2.75. The van der Waals surface area contributed by atoms with E-state index in [2.05, 4.69) is 10.4 Å². The van der Waals surface area contributed by atoms with E-state index in [4.69, 9.17) is 14.2 Å². The third-order valence-corrected chi connectivity index (χ3v) is 5.33. The Kier molecular flexibility index (Phi) is 6.81. The van der Waals surface area contributed by atoms with E-state index in [1.165, 1.54) is 44.8 Å². The molecular weight excluding hydrogens is 422 g/mol. The molecule has 0 bridgehead atoms. The molecule has 0 radical (unpaired) electrons. The first kappa shape index (κ1) is 22.2. The van der Waals surface area contributed by atoms with E-state index in [0.29, 0.717) is 27.8 Å². The molecule has 1 heterocycles. The van der Waals surface area contributed by atoms with Crippen LogP contribution in [0.3, 0.4) is 0 Å². The van der Waals surface area contributed by atoms with Crippen molar-refractivity contribution in [2.75, 3.05) is 14.2 Å². The predicted octanol–water partition coefficient (Wildman–Crippen LogP) is 2.92. The zero-order valence-electron chi connectivity index (χ0n) is 17.4. The number of ether oxygens (including phenoxy) is 3. The second-order valence-corrected chi connectivity index (χ2v) is 7.52. The molecule has 0 spiro atoms. The topological polar surface area (TPSA) is 107 Å². The van der Waals surface area contributed by atoms with Gasteiger partial charge in [0.1, 0.15) is 11.1 Å². The van der Waals surface area contributed by atoms with Crippen molar-refractivity contribution in [3.05, 3.63) is 53.6 Å². The molecule has 0 aliphatic carbocycles. The van der Waals surface area contributed by atoms with Crippen molar-refractivity contribution in [1.29, 1.82) is 0 Å². The Morgan fingerprint density at radius 3 is 2.45 bits per heavy atom. The highest BCUT2D eigenvalue weighted by molar-refractivity contribution is 8.14. The van der Waals surface area contributed by atoms with Gasteiger partial charge in [-0.1, -0.05) is 23.9 Å². The number of carbonyl (C=O) groups is 3. The molecule has 0 fully saturated rings. The van der Waals surface area contributed by atoms with Crippen LogP contribution in [0.4, 0.5) is 0 Å². The van der Waals surface area contributed by atoms with E-state index >= 15 is 0 Å². The summed E-state index contributed by atoms with van der Waals surface area (Å²) in [5, 5.41) is 7.84. The number of nitrogens with one attached hydrogen (secondary N) is 1. The molecule has 1 unspecified atom stereocenters. The van der Waals surface area contributed by atoms with Gasteiger partial charge in [0.2, 0.25) is 11.8 Å². The Labute approximate surface area is 183 Å². The number of nitrogens with zero attached hydrogens (tertiary/aromatic N) is 2. The minimum atomic E-state index is -0.568. The fourth-order valence-electron chi connectivity index (χ4n) is 2.81. The first-order valence-corrected chi connectivity index (χ1v) is 10.1. The molecule has 2 amide bonds. The van der Waals surface area contributed by atoms with Crippen LogP contribution < -0.4 is 19.5 Å². The van der Waals surface area contributed by atoms with Crippen molar-refractivity contribution in [2.45, 2.75) is 19.2 Å². The molecule has 0 saturated heterocycles. The van der Waals surface area contributed by atoms with E-state index in [0.717, 1.165) is 0 Å². The van der Waals surface area contributed by atoms with E-state index in [1.807, 2.05) is 0 Å². The molecule has 0 saturated carbocycles. The van der Waals surface area contributed by atoms with Gasteiger partial charge in [0.25, 0.3) is 0 Å². The lowest BCUT2D eigenvalue weighted by molar-refractivity contribution is -0.129. The van der Waals surface area contributed by atoms with Crippen molar-refractivity contribution < 1.29 is 28.6 Å². The summed E-state index contributed by atoms with van der Waals surface area (Å²) in [7, 11) is 2.96. The number of esters is 1. The molecule has 1 aliphatic rings. The summed E-state index contributed by atoms with van der Waals surface area (Å²) in [5.74, 6) is -0.0699. The maximum Gasteiger partial charge on any atom is 0.343 e. The average Bonchev–Trinajstić information content (AvgIpc) is 3.17. The summed E-state index contributed by atoms with van der Waals surface area (Å²) < 4.78 is 16.0. The van der Waals surface area contributed by atoms with E-state index in [9.17, 15) is 14.4 Å². The number of benzene rings is 2. The molecule has 10 heteroatoms. The standard InChI is InChI=1S/C21H21N3O6S/c1-12(25)22-21-23-24(13(2)26)19(31-21)14-8-9-17(18(11-14)29-4)30-20(27)15-6-5-7-16(10-15)28-3/h5-11,19H,1-4H3,(H,22,23,25). The van der Waals surface area contributed by atoms with Crippen molar-refractivity contribution in [2.24, 2.45) is 5.10 Å². The summed E-state index contributed by atoms with van der Waals surface area (Å²) in [4.78, 5) is 35.9. The van der Waals surface area contributed by atoms with Crippen LogP contribution in [-0.2, 0) is 9.59 Å². The maximum atomic E-state index is 12.5. The van der Waals surface area contributed by atoms with Crippen LogP contribution in [0.15, 0.2) is 47.6 Å². The van der Waals surface area contributed by atoms with E-state index in [1.54, 1.807) is 42.5 Å². The molecule has 1 N–H and O–H groups in total. The van der Waals surface area contributed by atoms with Crippen LogP contribution in [0.25, 0.3) is 0 Å². The van der Waals surface area contributed by atoms with Gasteiger partial charge < -0.3 is 19.5 Å². The predicted molar refractivity (Wildman–Crippen MR) is 115 cm³/mol. The second-order valence-electron chi connectivity index (χ2n) is 6.45. The number of thioether (sulfide) groups is 1. The summed E-state index contributed by atoms with van der Waals surface area (Å²) in [6, 6.07) is 11.6. The highest BCUT2D eigenvalue weighted by Crippen LogP contribution is 2.41. The largest absolute Gasteiger partial charge is 0.497 e. The third-order valence-electron chi connectivity index (χ3n) is 4.23. The minimum absolute atomic E-state index is 0.222. The number of rotatable bonds is 5. The lowest BCUT2D eigenvalue weighted by atomic mass is 10.2. The molecule has 9 nitrogen and oxygen atoms in total. The van der Waals surface area contributed by atoms with E-state index < -0.39 is 11.3 Å². The monoisotopic (exact) mass is 443 g/mol. The van der Waals surface area contributed by atoms with Gasteiger partial charge in [-0.2, -0.15) is 0 Å². The van der Waals surface area contributed by atoms with Crippen LogP contribution in [-0.4, -0.2) is 42.2 Å². The van der Waals surface area contributed by atoms with Gasteiger partial charge in [-0.15, -0.1) is 5.10 Å². The Morgan fingerprint density at radius 2 is 1.81 bits per heavy atom.